The van der Waals surface area contributed by atoms with Crippen LogP contribution in [0.1, 0.15) is 47.1 Å². The van der Waals surface area contributed by atoms with E-state index in [4.69, 9.17) is 0 Å². The Hall–Kier alpha value is -1.28. The standard InChI is InChI=1S/C17H26N2/c1-16(2,3)18-12-13-7-8-14-9-10-19(15(14)11-13)17(4,5)6/h7-11,18H,12H2,1-6H3. The van der Waals surface area contributed by atoms with Crippen molar-refractivity contribution in [3.8, 4) is 0 Å². The van der Waals surface area contributed by atoms with Gasteiger partial charge in [0.15, 0.2) is 0 Å². The van der Waals surface area contributed by atoms with Crippen molar-refractivity contribution < 1.29 is 0 Å². The first kappa shape index (κ1) is 14.1. The van der Waals surface area contributed by atoms with Crippen molar-refractivity contribution in [3.63, 3.8) is 0 Å². The summed E-state index contributed by atoms with van der Waals surface area (Å²) in [5, 5.41) is 4.86. The molecule has 2 nitrogen and oxygen atoms in total. The van der Waals surface area contributed by atoms with E-state index in [0.717, 1.165) is 6.54 Å². The maximum atomic E-state index is 3.54. The first-order chi connectivity index (χ1) is 8.67. The van der Waals surface area contributed by atoms with Gasteiger partial charge in [-0.1, -0.05) is 12.1 Å². The summed E-state index contributed by atoms with van der Waals surface area (Å²) in [6.07, 6.45) is 2.19. The molecule has 1 N–H and O–H groups in total. The summed E-state index contributed by atoms with van der Waals surface area (Å²) in [4.78, 5) is 0. The highest BCUT2D eigenvalue weighted by Gasteiger charge is 2.15. The fourth-order valence-electron chi connectivity index (χ4n) is 2.24. The van der Waals surface area contributed by atoms with Crippen molar-refractivity contribution in [1.82, 2.24) is 9.88 Å². The quantitative estimate of drug-likeness (QED) is 0.850. The third-order valence-corrected chi connectivity index (χ3v) is 3.30. The largest absolute Gasteiger partial charge is 0.342 e. The van der Waals surface area contributed by atoms with Crippen molar-refractivity contribution >= 4 is 10.9 Å². The topological polar surface area (TPSA) is 17.0 Å². The minimum absolute atomic E-state index is 0.123. The summed E-state index contributed by atoms with van der Waals surface area (Å²) in [6.45, 7) is 14.2. The molecule has 1 aromatic heterocycles. The molecule has 2 heteroatoms. The summed E-state index contributed by atoms with van der Waals surface area (Å²) in [6, 6.07) is 8.94. The summed E-state index contributed by atoms with van der Waals surface area (Å²) in [5.74, 6) is 0. The van der Waals surface area contributed by atoms with Crippen LogP contribution in [-0.2, 0) is 12.1 Å². The molecule has 2 aromatic rings. The van der Waals surface area contributed by atoms with Crippen molar-refractivity contribution in [2.75, 3.05) is 0 Å². The SMILES string of the molecule is CC(C)(C)NCc1ccc2ccn(C(C)(C)C)c2c1. The van der Waals surface area contributed by atoms with Gasteiger partial charge in [0.25, 0.3) is 0 Å². The fraction of sp³-hybridized carbons (Fsp3) is 0.529. The third-order valence-electron chi connectivity index (χ3n) is 3.30. The highest BCUT2D eigenvalue weighted by Crippen LogP contribution is 2.24. The maximum Gasteiger partial charge on any atom is 0.0488 e. The number of aromatic nitrogens is 1. The molecule has 0 fully saturated rings. The van der Waals surface area contributed by atoms with Gasteiger partial charge in [-0.25, -0.2) is 0 Å². The number of benzene rings is 1. The minimum atomic E-state index is 0.123. The van der Waals surface area contributed by atoms with Crippen LogP contribution in [0.25, 0.3) is 10.9 Å². The maximum absolute atomic E-state index is 3.54. The molecular weight excluding hydrogens is 232 g/mol. The average molecular weight is 258 g/mol. The van der Waals surface area contributed by atoms with E-state index in [2.05, 4.69) is 81.9 Å². The van der Waals surface area contributed by atoms with Crippen LogP contribution < -0.4 is 5.32 Å². The van der Waals surface area contributed by atoms with E-state index in [1.54, 1.807) is 0 Å². The van der Waals surface area contributed by atoms with Gasteiger partial charge in [-0.3, -0.25) is 0 Å². The molecule has 1 aromatic carbocycles. The predicted molar refractivity (Wildman–Crippen MR) is 83.5 cm³/mol. The Morgan fingerprint density at radius 3 is 2.26 bits per heavy atom. The molecule has 0 unspecified atom stereocenters. The van der Waals surface area contributed by atoms with E-state index in [9.17, 15) is 0 Å². The van der Waals surface area contributed by atoms with Crippen LogP contribution in [0, 0.1) is 0 Å². The van der Waals surface area contributed by atoms with E-state index < -0.39 is 0 Å². The number of nitrogens with one attached hydrogen (secondary N) is 1. The summed E-state index contributed by atoms with van der Waals surface area (Å²) in [5.41, 5.74) is 2.94. The zero-order valence-corrected chi connectivity index (χ0v) is 13.0. The number of hydrogen-bond donors (Lipinski definition) is 1. The Morgan fingerprint density at radius 2 is 1.68 bits per heavy atom. The molecule has 0 saturated heterocycles. The van der Waals surface area contributed by atoms with E-state index in [-0.39, 0.29) is 11.1 Å². The smallest absolute Gasteiger partial charge is 0.0488 e. The van der Waals surface area contributed by atoms with Gasteiger partial charge in [0.05, 0.1) is 0 Å². The van der Waals surface area contributed by atoms with Crippen molar-refractivity contribution in [2.45, 2.75) is 59.2 Å². The molecule has 0 radical (unpaired) electrons. The van der Waals surface area contributed by atoms with Gasteiger partial charge in [0.2, 0.25) is 0 Å². The molecule has 0 aliphatic carbocycles. The molecule has 0 saturated carbocycles. The van der Waals surface area contributed by atoms with Gasteiger partial charge in [0, 0.05) is 29.3 Å². The zero-order chi connectivity index (χ0) is 14.3. The summed E-state index contributed by atoms with van der Waals surface area (Å²) in [7, 11) is 0. The molecule has 19 heavy (non-hydrogen) atoms. The number of fused-ring (bicyclic) bond motifs is 1. The van der Waals surface area contributed by atoms with Gasteiger partial charge in [-0.2, -0.15) is 0 Å². The van der Waals surface area contributed by atoms with Crippen LogP contribution in [0.4, 0.5) is 0 Å². The molecule has 0 bridgehead atoms. The Morgan fingerprint density at radius 1 is 1.00 bits per heavy atom. The molecule has 0 aliphatic heterocycles. The van der Waals surface area contributed by atoms with Gasteiger partial charge in [-0.15, -0.1) is 0 Å². The summed E-state index contributed by atoms with van der Waals surface area (Å²) < 4.78 is 2.35. The lowest BCUT2D eigenvalue weighted by atomic mass is 10.1. The predicted octanol–water partition coefficient (Wildman–Crippen LogP) is 4.28. The second kappa shape index (κ2) is 4.68. The van der Waals surface area contributed by atoms with Crippen molar-refractivity contribution in [2.24, 2.45) is 0 Å². The van der Waals surface area contributed by atoms with Gasteiger partial charge < -0.3 is 9.88 Å². The Kier molecular flexibility index (Phi) is 3.48. The Bertz CT molecular complexity index is 565. The van der Waals surface area contributed by atoms with Gasteiger partial charge in [0.1, 0.15) is 0 Å². The summed E-state index contributed by atoms with van der Waals surface area (Å²) >= 11 is 0. The van der Waals surface area contributed by atoms with E-state index in [1.165, 1.54) is 16.5 Å². The number of hydrogen-bond acceptors (Lipinski definition) is 1. The number of nitrogens with zero attached hydrogens (tertiary/aromatic N) is 1. The second-order valence-electron chi connectivity index (χ2n) is 7.35. The monoisotopic (exact) mass is 258 g/mol. The van der Waals surface area contributed by atoms with Gasteiger partial charge in [-0.05, 0) is 64.6 Å². The van der Waals surface area contributed by atoms with Crippen LogP contribution in [0.15, 0.2) is 30.5 Å². The van der Waals surface area contributed by atoms with E-state index in [0.29, 0.717) is 0 Å². The van der Waals surface area contributed by atoms with Crippen LogP contribution >= 0.6 is 0 Å². The molecule has 1 heterocycles. The van der Waals surface area contributed by atoms with Gasteiger partial charge >= 0.3 is 0 Å². The van der Waals surface area contributed by atoms with Crippen LogP contribution in [-0.4, -0.2) is 10.1 Å². The highest BCUT2D eigenvalue weighted by atomic mass is 15.0. The Balaban J connectivity index is 2.34. The molecule has 104 valence electrons. The third kappa shape index (κ3) is 3.38. The molecular formula is C17H26N2. The first-order valence-corrected chi connectivity index (χ1v) is 7.02. The van der Waals surface area contributed by atoms with E-state index >= 15 is 0 Å². The highest BCUT2D eigenvalue weighted by molar-refractivity contribution is 5.81. The lowest BCUT2D eigenvalue weighted by Crippen LogP contribution is -2.35. The molecule has 0 amide bonds. The fourth-order valence-corrected chi connectivity index (χ4v) is 2.24. The zero-order valence-electron chi connectivity index (χ0n) is 13.0. The molecule has 0 atom stereocenters. The van der Waals surface area contributed by atoms with Crippen LogP contribution in [0.2, 0.25) is 0 Å². The van der Waals surface area contributed by atoms with Crippen LogP contribution in [0.3, 0.4) is 0 Å². The van der Waals surface area contributed by atoms with Crippen molar-refractivity contribution in [3.05, 3.63) is 36.0 Å². The lowest BCUT2D eigenvalue weighted by molar-refractivity contribution is 0.410. The molecule has 0 spiro atoms. The Labute approximate surface area is 116 Å². The average Bonchev–Trinajstić information content (AvgIpc) is 2.67. The minimum Gasteiger partial charge on any atom is -0.342 e. The van der Waals surface area contributed by atoms with E-state index in [1.807, 2.05) is 0 Å². The normalized spacial score (nSPS) is 13.2. The van der Waals surface area contributed by atoms with Crippen LogP contribution in [0.5, 0.6) is 0 Å². The van der Waals surface area contributed by atoms with Crippen molar-refractivity contribution in [1.29, 1.82) is 0 Å². The molecule has 0 aliphatic rings. The molecule has 2 rings (SSSR count). The first-order valence-electron chi connectivity index (χ1n) is 7.02. The second-order valence-corrected chi connectivity index (χ2v) is 7.35. The number of rotatable bonds is 2. The lowest BCUT2D eigenvalue weighted by Gasteiger charge is -2.23.